The van der Waals surface area contributed by atoms with Crippen molar-refractivity contribution in [3.8, 4) is 63.1 Å². The smallest absolute Gasteiger partial charge is 0.260 e. The van der Waals surface area contributed by atoms with E-state index >= 15 is 0 Å². The number of rotatable bonds is 5. The van der Waals surface area contributed by atoms with Crippen molar-refractivity contribution >= 4 is 169 Å². The first-order valence-electron chi connectivity index (χ1n) is 37.5. The second-order valence-corrected chi connectivity index (χ2v) is 30.6. The van der Waals surface area contributed by atoms with Gasteiger partial charge in [-0.05, 0) is 163 Å². The lowest BCUT2D eigenvalue weighted by molar-refractivity contribution is 0.464. The fraction of sp³-hybridized carbons (Fsp3) is 0.0625. The van der Waals surface area contributed by atoms with Gasteiger partial charge in [0.05, 0.1) is 61.5 Å². The molecule has 0 spiro atoms. The largest absolute Gasteiger partial charge is 0.458 e. The zero-order valence-electron chi connectivity index (χ0n) is 60.2. The average Bonchev–Trinajstić information content (AvgIpc) is 0.824. The van der Waals surface area contributed by atoms with Crippen LogP contribution >= 0.6 is 0 Å². The zero-order valence-corrected chi connectivity index (χ0v) is 60.2. The number of hydrogen-bond acceptors (Lipinski definition) is 6. The molecule has 0 fully saturated rings. The van der Waals surface area contributed by atoms with E-state index in [2.05, 4.69) is 344 Å². The Labute approximate surface area is 624 Å². The summed E-state index contributed by atoms with van der Waals surface area (Å²) in [5.41, 5.74) is 33.3. The number of aryl methyl sites for hydroxylation is 6. The van der Waals surface area contributed by atoms with E-state index < -0.39 is 0 Å². The Bertz CT molecular complexity index is 6600. The number of hydrogen-bond donors (Lipinski definition) is 0. The van der Waals surface area contributed by atoms with E-state index in [0.717, 1.165) is 163 Å². The van der Waals surface area contributed by atoms with Crippen LogP contribution in [-0.2, 0) is 0 Å². The summed E-state index contributed by atoms with van der Waals surface area (Å²) in [5, 5.41) is 7.15. The maximum atomic E-state index is 7.79. The van der Waals surface area contributed by atoms with Gasteiger partial charge in [0.15, 0.2) is 0 Å². The summed E-state index contributed by atoms with van der Waals surface area (Å²) in [5.74, 6) is 6.36. The van der Waals surface area contributed by atoms with E-state index in [-0.39, 0.29) is 20.1 Å². The molecular weight excluding hydrogens is 1320 g/mol. The maximum absolute atomic E-state index is 7.79. The van der Waals surface area contributed by atoms with E-state index in [0.29, 0.717) is 0 Å². The molecule has 0 amide bonds. The third-order valence-electron chi connectivity index (χ3n) is 24.3. The number of aromatic nitrogens is 3. The number of ether oxygens (including phenoxy) is 4. The van der Waals surface area contributed by atoms with Gasteiger partial charge in [-0.25, -0.2) is 0 Å². The predicted octanol–water partition coefficient (Wildman–Crippen LogP) is 18.4. The standard InChI is InChI=1S/C96H64B3N5O4/c1-53-39-55(3)95(56(4)40-53)103-80-51-86-72(97-68-29-13-21-37-84(68)105-88-45-60(47-90(107-86)93(88)97)101-76-33-17-9-25-64(76)65-26-10-18-34-77(65)101)49-70(80)99-71-50-73-87(108-91-48-61(46-89-94(91)98(73)69-30-14-22-38-85(69)106-89)102-78-35-19-11-27-66(78)67-28-12-20-36-79(67)102)52-81(71)104(96-57(5)41-54(2)42-58(96)6)83-44-59(43-82(103)92(83)99)100-74-31-15-7-23-62(74)63-24-8-16-32-75(63)100/h7-52H,1-6H3. The van der Waals surface area contributed by atoms with Crippen molar-refractivity contribution in [2.45, 2.75) is 41.5 Å². The minimum Gasteiger partial charge on any atom is -0.458 e. The molecule has 24 rings (SSSR count). The van der Waals surface area contributed by atoms with Crippen LogP contribution in [-0.4, -0.2) is 33.8 Å². The molecule has 6 aliphatic heterocycles. The molecule has 18 aromatic rings. The van der Waals surface area contributed by atoms with Crippen LogP contribution in [0.2, 0.25) is 0 Å². The first-order chi connectivity index (χ1) is 53.0. The first kappa shape index (κ1) is 60.0. The van der Waals surface area contributed by atoms with Crippen molar-refractivity contribution in [2.24, 2.45) is 0 Å². The molecule has 0 saturated carbocycles. The molecular formula is C96H64B3N5O4. The molecule has 0 unspecified atom stereocenters. The summed E-state index contributed by atoms with van der Waals surface area (Å²) >= 11 is 0. The van der Waals surface area contributed by atoms with Crippen molar-refractivity contribution in [1.82, 2.24) is 13.7 Å². The van der Waals surface area contributed by atoms with Crippen molar-refractivity contribution in [2.75, 3.05) is 9.80 Å². The topological polar surface area (TPSA) is 58.2 Å². The Balaban J connectivity index is 0.814. The highest BCUT2D eigenvalue weighted by Crippen LogP contribution is 2.52. The van der Waals surface area contributed by atoms with Crippen LogP contribution < -0.4 is 77.9 Å². The number of nitrogens with zero attached hydrogens (tertiary/aromatic N) is 5. The molecule has 9 heterocycles. The Morgan fingerprint density at radius 3 is 0.833 bits per heavy atom. The number of anilines is 6. The lowest BCUT2D eigenvalue weighted by atomic mass is 9.29. The molecule has 0 saturated heterocycles. The predicted molar refractivity (Wildman–Crippen MR) is 447 cm³/mol. The lowest BCUT2D eigenvalue weighted by Gasteiger charge is -2.47. The molecule has 0 atom stereocenters. The molecule has 506 valence electrons. The zero-order chi connectivity index (χ0) is 71.4. The highest BCUT2D eigenvalue weighted by molar-refractivity contribution is 7.03. The SMILES string of the molecule is Cc1cc(C)c(N2c3cc4c(cc3B3c5cc6c(cc5N(c5c(C)cc(C)cc5C)c5cc(-n7c8ccccc8c8ccccc87)cc2c53)Oc2cc(-n3c5ccccc5c5ccccc53)cc3c2B6c2ccccc2O3)B2c3ccccc3Oc3cc(-n5c6ccccc6c6ccccc65)cc(c32)O4)c(C)c1. The van der Waals surface area contributed by atoms with Crippen molar-refractivity contribution in [1.29, 1.82) is 0 Å². The fourth-order valence-corrected chi connectivity index (χ4v) is 20.4. The van der Waals surface area contributed by atoms with Gasteiger partial charge in [0.25, 0.3) is 20.1 Å². The minimum absolute atomic E-state index is 0.258. The maximum Gasteiger partial charge on any atom is 0.260 e. The number of benzene rings is 15. The first-order valence-corrected chi connectivity index (χ1v) is 37.5. The Hall–Kier alpha value is -13.3. The molecule has 6 aliphatic rings. The van der Waals surface area contributed by atoms with E-state index in [1.165, 1.54) is 82.1 Å². The van der Waals surface area contributed by atoms with Crippen LogP contribution in [0.3, 0.4) is 0 Å². The minimum atomic E-state index is -0.352. The highest BCUT2D eigenvalue weighted by Gasteiger charge is 2.50. The van der Waals surface area contributed by atoms with Crippen molar-refractivity contribution in [3.63, 3.8) is 0 Å². The van der Waals surface area contributed by atoms with Gasteiger partial charge < -0.3 is 42.4 Å². The molecule has 15 aromatic carbocycles. The van der Waals surface area contributed by atoms with Gasteiger partial charge in [0.1, 0.15) is 46.0 Å². The molecule has 108 heavy (non-hydrogen) atoms. The molecule has 9 nitrogen and oxygen atoms in total. The normalized spacial score (nSPS) is 13.7. The summed E-state index contributed by atoms with van der Waals surface area (Å²) in [6.07, 6.45) is 0. The summed E-state index contributed by atoms with van der Waals surface area (Å²) in [7, 11) is 0. The Kier molecular flexibility index (Phi) is 12.0. The van der Waals surface area contributed by atoms with E-state index in [9.17, 15) is 0 Å². The third-order valence-corrected chi connectivity index (χ3v) is 24.3. The molecule has 0 radical (unpaired) electrons. The second-order valence-electron chi connectivity index (χ2n) is 30.6. The van der Waals surface area contributed by atoms with Gasteiger partial charge in [-0.3, -0.25) is 0 Å². The summed E-state index contributed by atoms with van der Waals surface area (Å²) in [6.45, 7) is 12.8. The molecule has 12 heteroatoms. The highest BCUT2D eigenvalue weighted by atomic mass is 16.5. The molecule has 3 aromatic heterocycles. The summed E-state index contributed by atoms with van der Waals surface area (Å²) in [6, 6.07) is 103. The molecule has 0 bridgehead atoms. The van der Waals surface area contributed by atoms with Crippen LogP contribution in [0.4, 0.5) is 34.1 Å². The Morgan fingerprint density at radius 2 is 0.500 bits per heavy atom. The summed E-state index contributed by atoms with van der Waals surface area (Å²) in [4.78, 5) is 5.24. The van der Waals surface area contributed by atoms with Crippen LogP contribution in [0.5, 0.6) is 46.0 Å². The van der Waals surface area contributed by atoms with Crippen LogP contribution in [0.15, 0.2) is 279 Å². The molecule has 0 aliphatic carbocycles. The quantitative estimate of drug-likeness (QED) is 0.160. The Morgan fingerprint density at radius 1 is 0.222 bits per heavy atom. The van der Waals surface area contributed by atoms with Crippen LogP contribution in [0.25, 0.3) is 82.5 Å². The van der Waals surface area contributed by atoms with Crippen LogP contribution in [0, 0.1) is 41.5 Å². The van der Waals surface area contributed by atoms with Gasteiger partial charge in [-0.15, -0.1) is 0 Å². The van der Waals surface area contributed by atoms with Crippen LogP contribution in [0.1, 0.15) is 33.4 Å². The van der Waals surface area contributed by atoms with Crippen molar-refractivity contribution in [3.05, 3.63) is 312 Å². The lowest BCUT2D eigenvalue weighted by Crippen LogP contribution is -2.65. The van der Waals surface area contributed by atoms with Gasteiger partial charge in [0, 0.05) is 102 Å². The number of fused-ring (bicyclic) bond motifs is 21. The van der Waals surface area contributed by atoms with Gasteiger partial charge in [-0.1, -0.05) is 193 Å². The fourth-order valence-electron chi connectivity index (χ4n) is 20.4. The summed E-state index contributed by atoms with van der Waals surface area (Å²) < 4.78 is 37.3. The monoisotopic (exact) mass is 1380 g/mol. The van der Waals surface area contributed by atoms with E-state index in [4.69, 9.17) is 18.9 Å². The van der Waals surface area contributed by atoms with E-state index in [1.54, 1.807) is 0 Å². The van der Waals surface area contributed by atoms with E-state index in [1.807, 2.05) is 0 Å². The van der Waals surface area contributed by atoms with Gasteiger partial charge >= 0.3 is 0 Å². The third kappa shape index (κ3) is 8.07. The average molecular weight is 1380 g/mol. The second kappa shape index (κ2) is 21.7. The van der Waals surface area contributed by atoms with Gasteiger partial charge in [-0.2, -0.15) is 0 Å². The molecule has 0 N–H and O–H groups in total. The van der Waals surface area contributed by atoms with Crippen molar-refractivity contribution < 1.29 is 18.9 Å². The van der Waals surface area contributed by atoms with Gasteiger partial charge in [0.2, 0.25) is 0 Å². The number of para-hydroxylation sites is 8.